The van der Waals surface area contributed by atoms with Crippen LogP contribution in [-0.4, -0.2) is 56.9 Å². The summed E-state index contributed by atoms with van der Waals surface area (Å²) in [7, 11) is 0. The van der Waals surface area contributed by atoms with Crippen LogP contribution in [0.4, 0.5) is 5.82 Å². The highest BCUT2D eigenvalue weighted by molar-refractivity contribution is 9.10. The van der Waals surface area contributed by atoms with Crippen molar-refractivity contribution >= 4 is 38.8 Å². The maximum Gasteiger partial charge on any atom is 0.227 e. The van der Waals surface area contributed by atoms with Crippen LogP contribution in [0.2, 0.25) is 0 Å². The first-order valence-corrected chi connectivity index (χ1v) is 11.0. The van der Waals surface area contributed by atoms with Crippen LogP contribution in [-0.2, 0) is 4.79 Å². The van der Waals surface area contributed by atoms with Gasteiger partial charge >= 0.3 is 0 Å². The molecule has 3 aromatic rings. The topological polar surface area (TPSA) is 78.0 Å². The molecule has 0 saturated carbocycles. The van der Waals surface area contributed by atoms with E-state index in [4.69, 9.17) is 4.98 Å². The summed E-state index contributed by atoms with van der Waals surface area (Å²) in [5, 5.41) is 0. The molecular formula is C21H23BrN6O. The zero-order valence-corrected chi connectivity index (χ0v) is 17.7. The normalized spacial score (nSPS) is 19.8. The summed E-state index contributed by atoms with van der Waals surface area (Å²) in [6.45, 7) is 3.49. The van der Waals surface area contributed by atoms with Crippen LogP contribution >= 0.6 is 15.9 Å². The second-order valence-corrected chi connectivity index (χ2v) is 8.60. The molecule has 29 heavy (non-hydrogen) atoms. The molecule has 2 aliphatic rings. The Morgan fingerprint density at radius 1 is 1.03 bits per heavy atom. The Balaban J connectivity index is 1.37. The van der Waals surface area contributed by atoms with Crippen molar-refractivity contribution in [2.75, 3.05) is 31.1 Å². The van der Waals surface area contributed by atoms with E-state index in [2.05, 4.69) is 35.8 Å². The lowest BCUT2D eigenvalue weighted by atomic mass is 9.96. The molecule has 5 heterocycles. The Morgan fingerprint density at radius 2 is 1.90 bits per heavy atom. The lowest BCUT2D eigenvalue weighted by molar-refractivity contribution is -0.134. The van der Waals surface area contributed by atoms with E-state index in [1.165, 1.54) is 0 Å². The van der Waals surface area contributed by atoms with Crippen LogP contribution in [0.5, 0.6) is 0 Å². The lowest BCUT2D eigenvalue weighted by Gasteiger charge is -2.34. The van der Waals surface area contributed by atoms with Gasteiger partial charge in [0, 0.05) is 26.2 Å². The number of anilines is 1. The molecule has 0 radical (unpaired) electrons. The molecule has 1 unspecified atom stereocenters. The second-order valence-electron chi connectivity index (χ2n) is 7.79. The molecule has 150 valence electrons. The predicted octanol–water partition coefficient (Wildman–Crippen LogP) is 3.62. The van der Waals surface area contributed by atoms with Crippen molar-refractivity contribution in [3.8, 4) is 11.5 Å². The Kier molecular flexibility index (Phi) is 4.95. The fourth-order valence-corrected chi connectivity index (χ4v) is 4.65. The molecule has 2 fully saturated rings. The van der Waals surface area contributed by atoms with Crippen molar-refractivity contribution in [2.24, 2.45) is 5.92 Å². The summed E-state index contributed by atoms with van der Waals surface area (Å²) in [4.78, 5) is 34.3. The van der Waals surface area contributed by atoms with E-state index in [1.54, 1.807) is 0 Å². The van der Waals surface area contributed by atoms with Gasteiger partial charge in [-0.05, 0) is 65.9 Å². The van der Waals surface area contributed by atoms with E-state index in [-0.39, 0.29) is 5.92 Å². The number of pyridine rings is 2. The van der Waals surface area contributed by atoms with Gasteiger partial charge in [-0.25, -0.2) is 15.0 Å². The Morgan fingerprint density at radius 3 is 2.72 bits per heavy atom. The van der Waals surface area contributed by atoms with Crippen molar-refractivity contribution < 1.29 is 4.79 Å². The number of imidazole rings is 1. The third kappa shape index (κ3) is 3.73. The molecule has 3 aromatic heterocycles. The largest absolute Gasteiger partial charge is 0.356 e. The minimum absolute atomic E-state index is 0.0694. The predicted molar refractivity (Wildman–Crippen MR) is 116 cm³/mol. The number of nitrogens with zero attached hydrogens (tertiary/aromatic N) is 5. The average Bonchev–Trinajstić information content (AvgIpc) is 3.43. The van der Waals surface area contributed by atoms with Crippen LogP contribution in [0.15, 0.2) is 34.9 Å². The van der Waals surface area contributed by atoms with Gasteiger partial charge in [-0.1, -0.05) is 6.07 Å². The summed E-state index contributed by atoms with van der Waals surface area (Å²) in [5.41, 5.74) is 2.33. The quantitative estimate of drug-likeness (QED) is 0.611. The minimum Gasteiger partial charge on any atom is -0.356 e. The standard InChI is InChI=1S/C21H23BrN6O/c22-17-7-3-6-15(23-17)19-24-16-8-9-18(25-20(16)26-19)28-12-4-5-14(13-28)21(29)27-10-1-2-11-27/h3,6-9,14H,1-2,4-5,10-13H2,(H,24,25,26). The van der Waals surface area contributed by atoms with Crippen LogP contribution < -0.4 is 4.90 Å². The van der Waals surface area contributed by atoms with Crippen molar-refractivity contribution in [1.29, 1.82) is 0 Å². The van der Waals surface area contributed by atoms with E-state index in [0.29, 0.717) is 17.4 Å². The lowest BCUT2D eigenvalue weighted by Crippen LogP contribution is -2.44. The molecule has 0 aliphatic carbocycles. The number of hydrogen-bond donors (Lipinski definition) is 1. The molecule has 2 saturated heterocycles. The number of likely N-dealkylation sites (tertiary alicyclic amines) is 1. The number of fused-ring (bicyclic) bond motifs is 1. The van der Waals surface area contributed by atoms with Gasteiger partial charge in [-0.2, -0.15) is 0 Å². The number of nitrogens with one attached hydrogen (secondary N) is 1. The SMILES string of the molecule is O=C(C1CCCN(c2ccc3[nH]c(-c4cccc(Br)n4)nc3n2)C1)N1CCCC1. The second kappa shape index (κ2) is 7.74. The number of carbonyl (C=O) groups excluding carboxylic acids is 1. The van der Waals surface area contributed by atoms with Crippen molar-refractivity contribution in [3.05, 3.63) is 34.9 Å². The number of halogens is 1. The first-order chi connectivity index (χ1) is 14.2. The Hall–Kier alpha value is -2.48. The van der Waals surface area contributed by atoms with E-state index in [1.807, 2.05) is 35.2 Å². The van der Waals surface area contributed by atoms with Gasteiger partial charge in [0.05, 0.1) is 11.4 Å². The van der Waals surface area contributed by atoms with Crippen LogP contribution in [0, 0.1) is 5.92 Å². The Labute approximate surface area is 177 Å². The summed E-state index contributed by atoms with van der Waals surface area (Å²) in [6, 6.07) is 9.77. The number of piperidine rings is 1. The number of H-pyrrole nitrogens is 1. The molecule has 0 spiro atoms. The molecule has 1 atom stereocenters. The summed E-state index contributed by atoms with van der Waals surface area (Å²) < 4.78 is 0.770. The number of rotatable bonds is 3. The summed E-state index contributed by atoms with van der Waals surface area (Å²) in [5.74, 6) is 1.97. The van der Waals surface area contributed by atoms with Crippen molar-refractivity contribution in [3.63, 3.8) is 0 Å². The first-order valence-electron chi connectivity index (χ1n) is 10.2. The highest BCUT2D eigenvalue weighted by Gasteiger charge is 2.31. The van der Waals surface area contributed by atoms with Crippen molar-refractivity contribution in [2.45, 2.75) is 25.7 Å². The molecule has 0 bridgehead atoms. The zero-order valence-electron chi connectivity index (χ0n) is 16.1. The third-order valence-corrected chi connectivity index (χ3v) is 6.24. The van der Waals surface area contributed by atoms with E-state index in [9.17, 15) is 4.79 Å². The van der Waals surface area contributed by atoms with Gasteiger partial charge in [-0.3, -0.25) is 4.79 Å². The molecule has 5 rings (SSSR count). The van der Waals surface area contributed by atoms with Gasteiger partial charge in [0.25, 0.3) is 0 Å². The fourth-order valence-electron chi connectivity index (χ4n) is 4.30. The molecule has 2 aliphatic heterocycles. The van der Waals surface area contributed by atoms with Gasteiger partial charge < -0.3 is 14.8 Å². The fraction of sp³-hybridized carbons (Fsp3) is 0.429. The molecule has 1 amide bonds. The maximum atomic E-state index is 12.8. The maximum absolute atomic E-state index is 12.8. The monoisotopic (exact) mass is 454 g/mol. The molecule has 1 N–H and O–H groups in total. The minimum atomic E-state index is 0.0694. The highest BCUT2D eigenvalue weighted by atomic mass is 79.9. The molecule has 0 aromatic carbocycles. The van der Waals surface area contributed by atoms with Gasteiger partial charge in [0.2, 0.25) is 5.91 Å². The van der Waals surface area contributed by atoms with Gasteiger partial charge in [0.1, 0.15) is 16.1 Å². The molecule has 7 nitrogen and oxygen atoms in total. The van der Waals surface area contributed by atoms with Crippen LogP contribution in [0.3, 0.4) is 0 Å². The molecular weight excluding hydrogens is 432 g/mol. The number of amides is 1. The van der Waals surface area contributed by atoms with Crippen LogP contribution in [0.25, 0.3) is 22.7 Å². The summed E-state index contributed by atoms with van der Waals surface area (Å²) >= 11 is 3.40. The third-order valence-electron chi connectivity index (χ3n) is 5.80. The summed E-state index contributed by atoms with van der Waals surface area (Å²) in [6.07, 6.45) is 4.25. The number of aromatic nitrogens is 4. The van der Waals surface area contributed by atoms with Crippen LogP contribution in [0.1, 0.15) is 25.7 Å². The number of hydrogen-bond acceptors (Lipinski definition) is 5. The Bertz CT molecular complexity index is 1040. The van der Waals surface area contributed by atoms with E-state index in [0.717, 1.165) is 73.5 Å². The number of carbonyl (C=O) groups is 1. The highest BCUT2D eigenvalue weighted by Crippen LogP contribution is 2.27. The van der Waals surface area contributed by atoms with Gasteiger partial charge in [-0.15, -0.1) is 0 Å². The molecule has 8 heteroatoms. The van der Waals surface area contributed by atoms with E-state index < -0.39 is 0 Å². The first kappa shape index (κ1) is 18.5. The average molecular weight is 455 g/mol. The smallest absolute Gasteiger partial charge is 0.227 e. The number of aromatic amines is 1. The van der Waals surface area contributed by atoms with Crippen molar-refractivity contribution in [1.82, 2.24) is 24.8 Å². The zero-order chi connectivity index (χ0) is 19.8. The van der Waals surface area contributed by atoms with E-state index >= 15 is 0 Å². The van der Waals surface area contributed by atoms with Gasteiger partial charge in [0.15, 0.2) is 11.5 Å².